The highest BCUT2D eigenvalue weighted by molar-refractivity contribution is 7.91. The quantitative estimate of drug-likeness (QED) is 0.922. The first-order valence-corrected chi connectivity index (χ1v) is 7.19. The van der Waals surface area contributed by atoms with Gasteiger partial charge in [-0.1, -0.05) is 22.9 Å². The Hall–Kier alpha value is -0.960. The lowest BCUT2D eigenvalue weighted by Crippen LogP contribution is -2.26. The molecule has 0 aliphatic rings. The smallest absolute Gasteiger partial charge is 0.254 e. The first-order valence-electron chi connectivity index (χ1n) is 4.56. The van der Waals surface area contributed by atoms with Crippen molar-refractivity contribution < 1.29 is 8.42 Å². The van der Waals surface area contributed by atoms with Crippen LogP contribution in [0.1, 0.15) is 5.82 Å². The van der Waals surface area contributed by atoms with Crippen LogP contribution in [0.2, 0.25) is 4.47 Å². The third-order valence-corrected chi connectivity index (χ3v) is 5.40. The van der Waals surface area contributed by atoms with E-state index in [0.717, 1.165) is 11.3 Å². The molecule has 2 heterocycles. The zero-order valence-corrected chi connectivity index (χ0v) is 11.2. The molecular formula is C8H9ClN4O2S2. The highest BCUT2D eigenvalue weighted by Gasteiger charge is 2.24. The van der Waals surface area contributed by atoms with Crippen molar-refractivity contribution >= 4 is 33.0 Å². The van der Waals surface area contributed by atoms with Gasteiger partial charge >= 0.3 is 0 Å². The number of aromatic amines is 1. The number of aromatic nitrogens is 3. The Bertz CT molecular complexity index is 593. The summed E-state index contributed by atoms with van der Waals surface area (Å²) in [4.78, 5) is 10.5. The van der Waals surface area contributed by atoms with E-state index in [2.05, 4.69) is 15.0 Å². The van der Waals surface area contributed by atoms with E-state index in [1.807, 2.05) is 0 Å². The minimum Gasteiger partial charge on any atom is -0.347 e. The van der Waals surface area contributed by atoms with Crippen LogP contribution in [-0.2, 0) is 16.6 Å². The Morgan fingerprint density at radius 2 is 2.29 bits per heavy atom. The van der Waals surface area contributed by atoms with E-state index in [1.54, 1.807) is 12.4 Å². The zero-order chi connectivity index (χ0) is 12.5. The summed E-state index contributed by atoms with van der Waals surface area (Å²) in [5.41, 5.74) is 0. The first-order chi connectivity index (χ1) is 8.00. The SMILES string of the molecule is CN(Cc1ncc[nH]1)S(=O)(=O)c1cnc(Cl)s1. The van der Waals surface area contributed by atoms with E-state index in [1.165, 1.54) is 17.5 Å². The molecule has 1 N–H and O–H groups in total. The number of thiazole rings is 1. The molecule has 9 heteroatoms. The molecule has 2 aromatic rings. The fourth-order valence-corrected chi connectivity index (χ4v) is 3.83. The Balaban J connectivity index is 2.21. The van der Waals surface area contributed by atoms with Crippen molar-refractivity contribution in [3.8, 4) is 0 Å². The van der Waals surface area contributed by atoms with E-state index in [0.29, 0.717) is 5.82 Å². The molecule has 0 atom stereocenters. The van der Waals surface area contributed by atoms with Gasteiger partial charge < -0.3 is 4.98 Å². The van der Waals surface area contributed by atoms with Crippen LogP contribution in [0.15, 0.2) is 22.8 Å². The molecule has 0 bridgehead atoms. The maximum atomic E-state index is 12.1. The van der Waals surface area contributed by atoms with Gasteiger partial charge in [0.1, 0.15) is 5.82 Å². The van der Waals surface area contributed by atoms with Crippen LogP contribution in [0.25, 0.3) is 0 Å². The number of H-pyrrole nitrogens is 1. The summed E-state index contributed by atoms with van der Waals surface area (Å²) >= 11 is 6.55. The van der Waals surface area contributed by atoms with Crippen LogP contribution >= 0.6 is 22.9 Å². The molecule has 0 saturated carbocycles. The van der Waals surface area contributed by atoms with Crippen molar-refractivity contribution in [3.63, 3.8) is 0 Å². The number of imidazole rings is 1. The molecule has 0 aromatic carbocycles. The van der Waals surface area contributed by atoms with Gasteiger partial charge in [0, 0.05) is 19.4 Å². The molecule has 2 rings (SSSR count). The van der Waals surface area contributed by atoms with Gasteiger partial charge in [-0.2, -0.15) is 4.31 Å². The van der Waals surface area contributed by atoms with Gasteiger partial charge in [-0.3, -0.25) is 0 Å². The van der Waals surface area contributed by atoms with E-state index in [-0.39, 0.29) is 15.2 Å². The highest BCUT2D eigenvalue weighted by atomic mass is 35.5. The minimum absolute atomic E-state index is 0.122. The maximum absolute atomic E-state index is 12.1. The lowest BCUT2D eigenvalue weighted by molar-refractivity contribution is 0.459. The predicted octanol–water partition coefficient (Wildman–Crippen LogP) is 1.34. The van der Waals surface area contributed by atoms with Crippen molar-refractivity contribution in [1.29, 1.82) is 0 Å². The van der Waals surface area contributed by atoms with Crippen LogP contribution in [-0.4, -0.2) is 34.7 Å². The number of sulfonamides is 1. The molecule has 6 nitrogen and oxygen atoms in total. The molecule has 0 aliphatic carbocycles. The number of hydrogen-bond acceptors (Lipinski definition) is 5. The summed E-state index contributed by atoms with van der Waals surface area (Å²) in [5, 5.41) is 0. The Labute approximate surface area is 107 Å². The van der Waals surface area contributed by atoms with Crippen LogP contribution in [0.5, 0.6) is 0 Å². The molecule has 0 amide bonds. The Kier molecular flexibility index (Phi) is 3.48. The van der Waals surface area contributed by atoms with Crippen molar-refractivity contribution in [2.75, 3.05) is 7.05 Å². The number of hydrogen-bond donors (Lipinski definition) is 1. The molecule has 0 spiro atoms. The number of halogens is 1. The van der Waals surface area contributed by atoms with E-state index >= 15 is 0 Å². The van der Waals surface area contributed by atoms with Gasteiger partial charge in [0.25, 0.3) is 10.0 Å². The van der Waals surface area contributed by atoms with E-state index in [9.17, 15) is 8.42 Å². The monoisotopic (exact) mass is 292 g/mol. The summed E-state index contributed by atoms with van der Waals surface area (Å²) in [6.45, 7) is 0.171. The molecule has 0 aliphatic heterocycles. The lowest BCUT2D eigenvalue weighted by Gasteiger charge is -2.13. The van der Waals surface area contributed by atoms with Crippen molar-refractivity contribution in [2.45, 2.75) is 10.8 Å². The third kappa shape index (κ3) is 2.65. The fraction of sp³-hybridized carbons (Fsp3) is 0.250. The Morgan fingerprint density at radius 3 is 2.82 bits per heavy atom. The van der Waals surface area contributed by atoms with E-state index < -0.39 is 10.0 Å². The van der Waals surface area contributed by atoms with Gasteiger partial charge in [0.2, 0.25) is 0 Å². The molecular weight excluding hydrogens is 284 g/mol. The highest BCUT2D eigenvalue weighted by Crippen LogP contribution is 2.25. The van der Waals surface area contributed by atoms with Gasteiger partial charge in [-0.05, 0) is 0 Å². The average molecular weight is 293 g/mol. The lowest BCUT2D eigenvalue weighted by atomic mass is 10.6. The summed E-state index contributed by atoms with van der Waals surface area (Å²) < 4.78 is 25.7. The summed E-state index contributed by atoms with van der Waals surface area (Å²) in [6.07, 6.45) is 4.46. The predicted molar refractivity (Wildman–Crippen MR) is 64.4 cm³/mol. The second kappa shape index (κ2) is 4.73. The molecule has 17 heavy (non-hydrogen) atoms. The summed E-state index contributed by atoms with van der Waals surface area (Å²) in [5.74, 6) is 0.576. The van der Waals surface area contributed by atoms with Crippen LogP contribution < -0.4 is 0 Å². The average Bonchev–Trinajstić information content (AvgIpc) is 2.89. The van der Waals surface area contributed by atoms with Crippen LogP contribution in [0.3, 0.4) is 0 Å². The number of rotatable bonds is 4. The molecule has 92 valence electrons. The van der Waals surface area contributed by atoms with Crippen molar-refractivity contribution in [1.82, 2.24) is 19.3 Å². The normalized spacial score (nSPS) is 12.2. The topological polar surface area (TPSA) is 79.0 Å². The zero-order valence-electron chi connectivity index (χ0n) is 8.79. The van der Waals surface area contributed by atoms with Gasteiger partial charge in [0.15, 0.2) is 8.68 Å². The standard InChI is InChI=1S/C8H9ClN4O2S2/c1-13(5-6-10-2-3-11-6)17(14,15)7-4-12-8(9)16-7/h2-4H,5H2,1H3,(H,10,11). The molecule has 0 fully saturated rings. The van der Waals surface area contributed by atoms with Crippen LogP contribution in [0, 0.1) is 0 Å². The number of nitrogens with zero attached hydrogens (tertiary/aromatic N) is 3. The third-order valence-electron chi connectivity index (χ3n) is 2.05. The molecule has 0 radical (unpaired) electrons. The maximum Gasteiger partial charge on any atom is 0.254 e. The van der Waals surface area contributed by atoms with Gasteiger partial charge in [-0.15, -0.1) is 0 Å². The number of nitrogens with one attached hydrogen (secondary N) is 1. The van der Waals surface area contributed by atoms with Crippen molar-refractivity contribution in [2.24, 2.45) is 0 Å². The van der Waals surface area contributed by atoms with Crippen molar-refractivity contribution in [3.05, 3.63) is 28.9 Å². The Morgan fingerprint density at radius 1 is 1.53 bits per heavy atom. The second-order valence-electron chi connectivity index (χ2n) is 3.23. The first kappa shape index (κ1) is 12.5. The molecule has 2 aromatic heterocycles. The van der Waals surface area contributed by atoms with Crippen LogP contribution in [0.4, 0.5) is 0 Å². The second-order valence-corrected chi connectivity index (χ2v) is 7.11. The molecule has 0 unspecified atom stereocenters. The largest absolute Gasteiger partial charge is 0.347 e. The molecule has 0 saturated heterocycles. The minimum atomic E-state index is -3.55. The van der Waals surface area contributed by atoms with E-state index in [4.69, 9.17) is 11.6 Å². The summed E-state index contributed by atoms with van der Waals surface area (Å²) in [6, 6.07) is 0. The van der Waals surface area contributed by atoms with Gasteiger partial charge in [-0.25, -0.2) is 18.4 Å². The van der Waals surface area contributed by atoms with Gasteiger partial charge in [0.05, 0.1) is 12.7 Å². The fourth-order valence-electron chi connectivity index (χ4n) is 1.19. The summed E-state index contributed by atoms with van der Waals surface area (Å²) in [7, 11) is -2.07.